The van der Waals surface area contributed by atoms with Crippen molar-refractivity contribution < 1.29 is 4.74 Å². The molecular weight excluding hydrogens is 252 g/mol. The number of ether oxygens (including phenoxy) is 1. The van der Waals surface area contributed by atoms with Crippen LogP contribution >= 0.6 is 0 Å². The van der Waals surface area contributed by atoms with E-state index in [1.807, 2.05) is 13.1 Å². The molecule has 1 aromatic heterocycles. The highest BCUT2D eigenvalue weighted by Crippen LogP contribution is 2.19. The van der Waals surface area contributed by atoms with Gasteiger partial charge in [-0.2, -0.15) is 0 Å². The molecule has 0 aliphatic carbocycles. The van der Waals surface area contributed by atoms with Crippen molar-refractivity contribution in [2.75, 3.05) is 38.3 Å². The van der Waals surface area contributed by atoms with Crippen LogP contribution in [0.3, 0.4) is 0 Å². The summed E-state index contributed by atoms with van der Waals surface area (Å²) in [7, 11) is 2.06. The van der Waals surface area contributed by atoms with E-state index in [9.17, 15) is 0 Å². The first kappa shape index (κ1) is 16.9. The Bertz CT molecular complexity index is 395. The van der Waals surface area contributed by atoms with Crippen LogP contribution in [0.25, 0.3) is 0 Å². The summed E-state index contributed by atoms with van der Waals surface area (Å²) in [5.74, 6) is 1.25. The molecule has 1 N–H and O–H groups in total. The van der Waals surface area contributed by atoms with E-state index < -0.39 is 0 Å². The number of nitrogens with zero attached hydrogens (tertiary/aromatic N) is 3. The monoisotopic (exact) mass is 280 g/mol. The van der Waals surface area contributed by atoms with Crippen molar-refractivity contribution in [1.29, 1.82) is 0 Å². The Balaban J connectivity index is 2.86. The Labute approximate surface area is 122 Å². The minimum atomic E-state index is 0.346. The maximum Gasteiger partial charge on any atom is 0.131 e. The third-order valence-electron chi connectivity index (χ3n) is 3.11. The van der Waals surface area contributed by atoms with Crippen LogP contribution < -0.4 is 10.2 Å². The summed E-state index contributed by atoms with van der Waals surface area (Å²) in [5.41, 5.74) is 2.14. The largest absolute Gasteiger partial charge is 0.380 e. The number of likely N-dealkylation sites (N-methyl/N-ethyl adjacent to an activating group) is 1. The molecule has 0 saturated carbocycles. The first-order valence-electron chi connectivity index (χ1n) is 7.45. The van der Waals surface area contributed by atoms with Gasteiger partial charge in [0, 0.05) is 32.7 Å². The zero-order valence-corrected chi connectivity index (χ0v) is 13.4. The van der Waals surface area contributed by atoms with Crippen LogP contribution in [0.2, 0.25) is 0 Å². The molecular formula is C15H28N4O. The Kier molecular flexibility index (Phi) is 7.47. The van der Waals surface area contributed by atoms with Crippen LogP contribution in [0.15, 0.2) is 6.20 Å². The third-order valence-corrected chi connectivity index (χ3v) is 3.11. The van der Waals surface area contributed by atoms with Crippen molar-refractivity contribution in [3.63, 3.8) is 0 Å². The second-order valence-corrected chi connectivity index (χ2v) is 5.11. The van der Waals surface area contributed by atoms with Crippen LogP contribution in [0.4, 0.5) is 5.69 Å². The lowest BCUT2D eigenvalue weighted by molar-refractivity contribution is 0.154. The molecule has 1 rings (SSSR count). The minimum Gasteiger partial charge on any atom is -0.380 e. The Morgan fingerprint density at radius 2 is 2.10 bits per heavy atom. The van der Waals surface area contributed by atoms with Gasteiger partial charge in [0.25, 0.3) is 0 Å². The fourth-order valence-electron chi connectivity index (χ4n) is 1.86. The normalized spacial score (nSPS) is 11.1. The van der Waals surface area contributed by atoms with E-state index in [2.05, 4.69) is 43.0 Å². The average molecular weight is 280 g/mol. The van der Waals surface area contributed by atoms with E-state index in [0.29, 0.717) is 5.92 Å². The first-order chi connectivity index (χ1) is 9.60. The van der Waals surface area contributed by atoms with Crippen LogP contribution in [0.5, 0.6) is 0 Å². The summed E-state index contributed by atoms with van der Waals surface area (Å²) >= 11 is 0. The molecule has 0 saturated heterocycles. The quantitative estimate of drug-likeness (QED) is 0.703. The highest BCUT2D eigenvalue weighted by Gasteiger charge is 2.12. The zero-order chi connectivity index (χ0) is 15.0. The van der Waals surface area contributed by atoms with Crippen molar-refractivity contribution >= 4 is 5.69 Å². The summed E-state index contributed by atoms with van der Waals surface area (Å²) < 4.78 is 5.41. The van der Waals surface area contributed by atoms with Crippen molar-refractivity contribution in [1.82, 2.24) is 15.3 Å². The fraction of sp³-hybridized carbons (Fsp3) is 0.733. The third kappa shape index (κ3) is 5.06. The Hall–Kier alpha value is -1.20. The lowest BCUT2D eigenvalue weighted by atomic mass is 10.2. The maximum atomic E-state index is 5.41. The van der Waals surface area contributed by atoms with Crippen molar-refractivity contribution in [2.24, 2.45) is 0 Å². The Morgan fingerprint density at radius 3 is 2.70 bits per heavy atom. The standard InChI is InChI=1S/C15H28N4O/c1-6-16-10-13-14(19(5)8-9-20-7-2)11-17-15(18-13)12(3)4/h11-12,16H,6-10H2,1-5H3. The van der Waals surface area contributed by atoms with Gasteiger partial charge in [-0.25, -0.2) is 9.97 Å². The highest BCUT2D eigenvalue weighted by molar-refractivity contribution is 5.48. The van der Waals surface area contributed by atoms with Crippen LogP contribution in [0.1, 0.15) is 45.1 Å². The van der Waals surface area contributed by atoms with E-state index in [1.54, 1.807) is 0 Å². The zero-order valence-electron chi connectivity index (χ0n) is 13.4. The molecule has 0 spiro atoms. The lowest BCUT2D eigenvalue weighted by Crippen LogP contribution is -2.26. The topological polar surface area (TPSA) is 50.3 Å². The van der Waals surface area contributed by atoms with Gasteiger partial charge in [-0.1, -0.05) is 20.8 Å². The summed E-state index contributed by atoms with van der Waals surface area (Å²) in [6.45, 7) is 12.4. The van der Waals surface area contributed by atoms with Gasteiger partial charge >= 0.3 is 0 Å². The van der Waals surface area contributed by atoms with Gasteiger partial charge < -0.3 is 15.0 Å². The fourth-order valence-corrected chi connectivity index (χ4v) is 1.86. The molecule has 1 heterocycles. The smallest absolute Gasteiger partial charge is 0.131 e. The number of hydrogen-bond acceptors (Lipinski definition) is 5. The summed E-state index contributed by atoms with van der Waals surface area (Å²) in [4.78, 5) is 11.3. The van der Waals surface area contributed by atoms with E-state index >= 15 is 0 Å². The van der Waals surface area contributed by atoms with Crippen molar-refractivity contribution in [3.8, 4) is 0 Å². The average Bonchev–Trinajstić information content (AvgIpc) is 2.44. The summed E-state index contributed by atoms with van der Waals surface area (Å²) in [6, 6.07) is 0. The van der Waals surface area contributed by atoms with E-state index in [-0.39, 0.29) is 0 Å². The number of rotatable bonds is 9. The van der Waals surface area contributed by atoms with Gasteiger partial charge in [0.15, 0.2) is 0 Å². The predicted octanol–water partition coefficient (Wildman–Crippen LogP) is 2.18. The molecule has 0 aliphatic heterocycles. The van der Waals surface area contributed by atoms with Gasteiger partial charge in [0.1, 0.15) is 5.82 Å². The second kappa shape index (κ2) is 8.87. The van der Waals surface area contributed by atoms with Gasteiger partial charge in [-0.05, 0) is 13.5 Å². The first-order valence-corrected chi connectivity index (χ1v) is 7.45. The second-order valence-electron chi connectivity index (χ2n) is 5.11. The Morgan fingerprint density at radius 1 is 1.35 bits per heavy atom. The van der Waals surface area contributed by atoms with Crippen LogP contribution in [-0.4, -0.2) is 43.3 Å². The van der Waals surface area contributed by atoms with Gasteiger partial charge in [0.2, 0.25) is 0 Å². The highest BCUT2D eigenvalue weighted by atomic mass is 16.5. The molecule has 0 amide bonds. The predicted molar refractivity (Wildman–Crippen MR) is 83.3 cm³/mol. The minimum absolute atomic E-state index is 0.346. The van der Waals surface area contributed by atoms with Gasteiger partial charge in [-0.3, -0.25) is 0 Å². The molecule has 0 atom stereocenters. The number of anilines is 1. The van der Waals surface area contributed by atoms with Crippen molar-refractivity contribution in [2.45, 2.75) is 40.2 Å². The number of aromatic nitrogens is 2. The maximum absolute atomic E-state index is 5.41. The molecule has 5 nitrogen and oxygen atoms in total. The van der Waals surface area contributed by atoms with Gasteiger partial charge in [0.05, 0.1) is 24.2 Å². The van der Waals surface area contributed by atoms with E-state index in [0.717, 1.165) is 50.1 Å². The van der Waals surface area contributed by atoms with Crippen LogP contribution in [0, 0.1) is 0 Å². The number of hydrogen-bond donors (Lipinski definition) is 1. The lowest BCUT2D eigenvalue weighted by Gasteiger charge is -2.22. The molecule has 20 heavy (non-hydrogen) atoms. The van der Waals surface area contributed by atoms with Crippen molar-refractivity contribution in [3.05, 3.63) is 17.7 Å². The molecule has 5 heteroatoms. The molecule has 0 bridgehead atoms. The molecule has 0 aromatic carbocycles. The molecule has 0 aliphatic rings. The summed E-state index contributed by atoms with van der Waals surface area (Å²) in [6.07, 6.45) is 1.93. The molecule has 0 unspecified atom stereocenters. The SMILES string of the molecule is CCNCc1nc(C(C)C)ncc1N(C)CCOCC. The molecule has 0 radical (unpaired) electrons. The van der Waals surface area contributed by atoms with Crippen LogP contribution in [-0.2, 0) is 11.3 Å². The van der Waals surface area contributed by atoms with E-state index in [1.165, 1.54) is 0 Å². The molecule has 0 fully saturated rings. The van der Waals surface area contributed by atoms with E-state index in [4.69, 9.17) is 9.72 Å². The molecule has 114 valence electrons. The molecule has 1 aromatic rings. The number of nitrogens with one attached hydrogen (secondary N) is 1. The summed E-state index contributed by atoms with van der Waals surface area (Å²) in [5, 5.41) is 3.35. The van der Waals surface area contributed by atoms with Gasteiger partial charge in [-0.15, -0.1) is 0 Å².